The van der Waals surface area contributed by atoms with Crippen LogP contribution in [0.15, 0.2) is 60.2 Å². The van der Waals surface area contributed by atoms with Gasteiger partial charge in [-0.25, -0.2) is 13.8 Å². The second-order valence-corrected chi connectivity index (χ2v) is 9.98. The van der Waals surface area contributed by atoms with Gasteiger partial charge in [-0.15, -0.1) is 11.3 Å². The lowest BCUT2D eigenvalue weighted by atomic mass is 10.0. The van der Waals surface area contributed by atoms with Crippen molar-refractivity contribution in [3.63, 3.8) is 0 Å². The smallest absolute Gasteiger partial charge is 0.282 e. The van der Waals surface area contributed by atoms with E-state index in [1.807, 2.05) is 11.0 Å². The van der Waals surface area contributed by atoms with Gasteiger partial charge in [-0.3, -0.25) is 14.5 Å². The number of nitrogens with zero attached hydrogens (tertiary/aromatic N) is 5. The van der Waals surface area contributed by atoms with Crippen molar-refractivity contribution in [2.24, 2.45) is 0 Å². The molecule has 2 aliphatic rings. The van der Waals surface area contributed by atoms with Crippen molar-refractivity contribution in [3.8, 4) is 5.69 Å². The second kappa shape index (κ2) is 9.11. The molecule has 4 heterocycles. The summed E-state index contributed by atoms with van der Waals surface area (Å²) in [6.45, 7) is 3.79. The molecule has 2 aliphatic heterocycles. The molecule has 0 saturated carbocycles. The summed E-state index contributed by atoms with van der Waals surface area (Å²) in [4.78, 5) is 35.4. The summed E-state index contributed by atoms with van der Waals surface area (Å²) in [6, 6.07) is 10.9. The number of carbonyl (C=O) groups is 2. The predicted molar refractivity (Wildman–Crippen MR) is 132 cm³/mol. The number of thiazole rings is 1. The van der Waals surface area contributed by atoms with E-state index in [9.17, 15) is 14.0 Å². The fourth-order valence-corrected chi connectivity index (χ4v) is 5.53. The Morgan fingerprint density at radius 3 is 2.36 bits per heavy atom. The zero-order valence-corrected chi connectivity index (χ0v) is 20.1. The third-order valence-corrected chi connectivity index (χ3v) is 7.76. The van der Waals surface area contributed by atoms with Crippen LogP contribution in [-0.4, -0.2) is 81.4 Å². The zero-order valence-electron chi connectivity index (χ0n) is 19.3. The lowest BCUT2D eigenvalue weighted by molar-refractivity contribution is 0.00832. The molecule has 184 valence electrons. The van der Waals surface area contributed by atoms with E-state index >= 15 is 4.39 Å². The average molecular weight is 508 g/mol. The summed E-state index contributed by atoms with van der Waals surface area (Å²) in [6.07, 6.45) is 3.42. The van der Waals surface area contributed by atoms with E-state index in [1.54, 1.807) is 45.4 Å². The van der Waals surface area contributed by atoms with Crippen molar-refractivity contribution >= 4 is 34.1 Å². The first-order chi connectivity index (χ1) is 17.5. The Kier molecular flexibility index (Phi) is 5.77. The largest absolute Gasteiger partial charge is 0.335 e. The molecule has 0 unspecified atom stereocenters. The van der Waals surface area contributed by atoms with Crippen molar-refractivity contribution in [2.75, 3.05) is 39.3 Å². The summed E-state index contributed by atoms with van der Waals surface area (Å²) in [5.41, 5.74) is 1.38. The van der Waals surface area contributed by atoms with E-state index in [-0.39, 0.29) is 29.2 Å². The van der Waals surface area contributed by atoms with Gasteiger partial charge in [-0.2, -0.15) is 0 Å². The van der Waals surface area contributed by atoms with E-state index < -0.39 is 5.82 Å². The number of aromatic nitrogens is 2. The number of likely N-dealkylation sites (tertiary alicyclic amines) is 1. The molecule has 6 rings (SSSR count). The maximum Gasteiger partial charge on any atom is 0.282 e. The first-order valence-electron chi connectivity index (χ1n) is 11.8. The number of hydrogen-bond acceptors (Lipinski definition) is 5. The highest BCUT2D eigenvalue weighted by atomic mass is 32.1. The van der Waals surface area contributed by atoms with Gasteiger partial charge in [0, 0.05) is 74.2 Å². The number of halogens is 2. The minimum absolute atomic E-state index is 0.0332. The molecular formula is C26H23F2N5O2S. The predicted octanol–water partition coefficient (Wildman–Crippen LogP) is 3.65. The first-order valence-corrected chi connectivity index (χ1v) is 12.6. The Morgan fingerprint density at radius 1 is 0.917 bits per heavy atom. The summed E-state index contributed by atoms with van der Waals surface area (Å²) < 4.78 is 30.1. The van der Waals surface area contributed by atoms with Crippen LogP contribution in [0, 0.1) is 11.6 Å². The van der Waals surface area contributed by atoms with Crippen LogP contribution < -0.4 is 0 Å². The minimum atomic E-state index is -0.577. The standard InChI is InChI=1S/C26H23F2N5O2S/c27-18-1-3-19(4-2-18)33-7-5-17-13-21(22(28)14-23(17)33)25(34)32-15-20(16-32)30-8-10-31(11-9-30)26(35)24-29-6-12-36-24/h1-7,12-14,20H,8-11,15-16H2. The summed E-state index contributed by atoms with van der Waals surface area (Å²) in [5.74, 6) is -1.27. The van der Waals surface area contributed by atoms with Crippen LogP contribution in [0.2, 0.25) is 0 Å². The third-order valence-electron chi connectivity index (χ3n) is 7.00. The summed E-state index contributed by atoms with van der Waals surface area (Å²) >= 11 is 1.35. The number of piperazine rings is 1. The van der Waals surface area contributed by atoms with E-state index in [2.05, 4.69) is 9.88 Å². The number of benzene rings is 2. The van der Waals surface area contributed by atoms with Crippen LogP contribution in [0.4, 0.5) is 8.78 Å². The molecule has 2 saturated heterocycles. The van der Waals surface area contributed by atoms with Gasteiger partial charge >= 0.3 is 0 Å². The minimum Gasteiger partial charge on any atom is -0.335 e. The quantitative estimate of drug-likeness (QED) is 0.423. The molecule has 0 N–H and O–H groups in total. The van der Waals surface area contributed by atoms with Crippen LogP contribution in [-0.2, 0) is 0 Å². The van der Waals surface area contributed by atoms with Gasteiger partial charge < -0.3 is 14.4 Å². The van der Waals surface area contributed by atoms with Crippen LogP contribution in [0.5, 0.6) is 0 Å². The summed E-state index contributed by atoms with van der Waals surface area (Å²) in [5, 5.41) is 3.04. The molecule has 2 amide bonds. The lowest BCUT2D eigenvalue weighted by Crippen LogP contribution is -2.64. The Bertz CT molecular complexity index is 1420. The van der Waals surface area contributed by atoms with E-state index in [4.69, 9.17) is 0 Å². The molecule has 4 aromatic rings. The average Bonchev–Trinajstić information content (AvgIpc) is 3.53. The van der Waals surface area contributed by atoms with Gasteiger partial charge in [-0.1, -0.05) is 0 Å². The van der Waals surface area contributed by atoms with Crippen LogP contribution in [0.3, 0.4) is 0 Å². The summed E-state index contributed by atoms with van der Waals surface area (Å²) in [7, 11) is 0. The number of hydrogen-bond donors (Lipinski definition) is 0. The van der Waals surface area contributed by atoms with Gasteiger partial charge in [0.15, 0.2) is 5.01 Å². The normalized spacial score (nSPS) is 16.9. The Morgan fingerprint density at radius 2 is 1.67 bits per heavy atom. The molecule has 36 heavy (non-hydrogen) atoms. The van der Waals surface area contributed by atoms with Crippen molar-refractivity contribution in [2.45, 2.75) is 6.04 Å². The molecule has 2 fully saturated rings. The maximum atomic E-state index is 15.0. The zero-order chi connectivity index (χ0) is 24.8. The van der Waals surface area contributed by atoms with Gasteiger partial charge in [0.25, 0.3) is 11.8 Å². The van der Waals surface area contributed by atoms with Crippen LogP contribution in [0.1, 0.15) is 20.2 Å². The van der Waals surface area contributed by atoms with Gasteiger partial charge in [0.2, 0.25) is 0 Å². The number of amides is 2. The van der Waals surface area contributed by atoms with E-state index in [1.165, 1.54) is 29.5 Å². The molecule has 2 aromatic heterocycles. The molecule has 2 aromatic carbocycles. The number of carbonyl (C=O) groups excluding carboxylic acids is 2. The molecule has 0 bridgehead atoms. The first kappa shape index (κ1) is 22.8. The van der Waals surface area contributed by atoms with Gasteiger partial charge in [0.05, 0.1) is 11.1 Å². The van der Waals surface area contributed by atoms with Gasteiger partial charge in [-0.05, 0) is 42.5 Å². The Hall–Kier alpha value is -3.63. The highest BCUT2D eigenvalue weighted by Gasteiger charge is 2.38. The van der Waals surface area contributed by atoms with Crippen molar-refractivity contribution < 1.29 is 18.4 Å². The molecule has 7 nitrogen and oxygen atoms in total. The third kappa shape index (κ3) is 4.06. The lowest BCUT2D eigenvalue weighted by Gasteiger charge is -2.48. The Labute approximate surface area is 210 Å². The van der Waals surface area contributed by atoms with Crippen LogP contribution >= 0.6 is 11.3 Å². The topological polar surface area (TPSA) is 61.7 Å². The molecule has 0 aliphatic carbocycles. The second-order valence-electron chi connectivity index (χ2n) is 9.08. The van der Waals surface area contributed by atoms with Gasteiger partial charge in [0.1, 0.15) is 11.6 Å². The highest BCUT2D eigenvalue weighted by molar-refractivity contribution is 7.11. The molecule has 0 atom stereocenters. The number of rotatable bonds is 4. The molecule has 0 spiro atoms. The monoisotopic (exact) mass is 507 g/mol. The maximum absolute atomic E-state index is 15.0. The molecule has 10 heteroatoms. The van der Waals surface area contributed by atoms with Crippen molar-refractivity contribution in [1.82, 2.24) is 24.3 Å². The van der Waals surface area contributed by atoms with Crippen molar-refractivity contribution in [1.29, 1.82) is 0 Å². The van der Waals surface area contributed by atoms with Crippen molar-refractivity contribution in [3.05, 3.63) is 82.4 Å². The molecule has 0 radical (unpaired) electrons. The Balaban J connectivity index is 1.09. The van der Waals surface area contributed by atoms with Crippen LogP contribution in [0.25, 0.3) is 16.6 Å². The fraction of sp³-hybridized carbons (Fsp3) is 0.269. The SMILES string of the molecule is O=C(c1nccs1)N1CCN(C2CN(C(=O)c3cc4ccn(-c5ccc(F)cc5)c4cc3F)C2)CC1. The number of fused-ring (bicyclic) bond motifs is 1. The van der Waals surface area contributed by atoms with E-state index in [0.717, 1.165) is 18.5 Å². The van der Waals surface area contributed by atoms with E-state index in [0.29, 0.717) is 42.4 Å². The highest BCUT2D eigenvalue weighted by Crippen LogP contribution is 2.27. The fourth-order valence-electron chi connectivity index (χ4n) is 4.92. The molecular weight excluding hydrogens is 484 g/mol.